The lowest BCUT2D eigenvalue weighted by atomic mass is 9.66. The molecule has 10 unspecified atom stereocenters. The van der Waals surface area contributed by atoms with Gasteiger partial charge >= 0.3 is 0 Å². The van der Waals surface area contributed by atoms with Crippen molar-refractivity contribution in [3.05, 3.63) is 0 Å². The van der Waals surface area contributed by atoms with Gasteiger partial charge in [0.1, 0.15) is 12.5 Å². The van der Waals surface area contributed by atoms with Crippen molar-refractivity contribution in [3.63, 3.8) is 0 Å². The number of hydrogen-bond acceptors (Lipinski definition) is 5. The molecule has 0 aromatic carbocycles. The highest BCUT2D eigenvalue weighted by Gasteiger charge is 2.63. The van der Waals surface area contributed by atoms with Crippen LogP contribution in [0.1, 0.15) is 74.1 Å². The van der Waals surface area contributed by atoms with Gasteiger partial charge in [0.2, 0.25) is 0 Å². The number of rotatable bonds is 6. The first-order valence-corrected chi connectivity index (χ1v) is 12.0. The van der Waals surface area contributed by atoms with E-state index in [1.54, 1.807) is 0 Å². The highest BCUT2D eigenvalue weighted by molar-refractivity contribution is 5.09. The van der Waals surface area contributed by atoms with E-state index in [1.807, 2.05) is 4.90 Å². The van der Waals surface area contributed by atoms with Crippen molar-refractivity contribution in [1.29, 1.82) is 0 Å². The van der Waals surface area contributed by atoms with E-state index in [2.05, 4.69) is 48.5 Å². The summed E-state index contributed by atoms with van der Waals surface area (Å²) in [4.78, 5) is 2.01. The zero-order valence-electron chi connectivity index (χ0n) is 19.5. The van der Waals surface area contributed by atoms with E-state index in [9.17, 15) is 10.2 Å². The van der Waals surface area contributed by atoms with Gasteiger partial charge in [-0.05, 0) is 49.4 Å². The molecule has 5 heteroatoms. The summed E-state index contributed by atoms with van der Waals surface area (Å²) in [6, 6.07) is 0. The third-order valence-corrected chi connectivity index (χ3v) is 9.13. The van der Waals surface area contributed by atoms with E-state index in [0.717, 1.165) is 32.2 Å². The topological polar surface area (TPSA) is 62.2 Å². The maximum absolute atomic E-state index is 11.3. The van der Waals surface area contributed by atoms with Crippen molar-refractivity contribution >= 4 is 0 Å². The molecule has 5 nitrogen and oxygen atoms in total. The molecule has 4 rings (SSSR count). The van der Waals surface area contributed by atoms with Crippen molar-refractivity contribution in [3.8, 4) is 0 Å². The smallest absolute Gasteiger partial charge is 0.166 e. The fourth-order valence-corrected chi connectivity index (χ4v) is 7.51. The lowest BCUT2D eigenvalue weighted by Gasteiger charge is -2.40. The number of nitrogens with zero attached hydrogens (tertiary/aromatic N) is 1. The van der Waals surface area contributed by atoms with Gasteiger partial charge in [-0.15, -0.1) is 0 Å². The zero-order valence-corrected chi connectivity index (χ0v) is 19.5. The maximum Gasteiger partial charge on any atom is 0.166 e. The highest BCUT2D eigenvalue weighted by atomic mass is 16.8. The Morgan fingerprint density at radius 1 is 1.03 bits per heavy atom. The van der Waals surface area contributed by atoms with Crippen LogP contribution in [0.2, 0.25) is 0 Å². The monoisotopic (exact) mass is 409 g/mol. The molecular formula is C24H43NO4. The van der Waals surface area contributed by atoms with Crippen molar-refractivity contribution in [2.24, 2.45) is 40.9 Å². The Morgan fingerprint density at radius 3 is 2.24 bits per heavy atom. The van der Waals surface area contributed by atoms with Gasteiger partial charge in [0.15, 0.2) is 5.79 Å². The standard InChI is InChI=1S/C24H43NO4/c1-8-9-23(6)28-19-15-10-16(17(11-15)20(19)29-23)12-25-21(26)18(13(2)3)24(7,14(4)5)22(25)27/h13-22,26-27H,8-12H2,1-7H3. The van der Waals surface area contributed by atoms with Gasteiger partial charge in [0, 0.05) is 24.3 Å². The van der Waals surface area contributed by atoms with E-state index in [-0.39, 0.29) is 23.5 Å². The first kappa shape index (κ1) is 22.0. The number of likely N-dealkylation sites (tertiary alicyclic amines) is 1. The van der Waals surface area contributed by atoms with Crippen LogP contribution in [0, 0.1) is 40.9 Å². The second-order valence-electron chi connectivity index (χ2n) is 11.5. The molecule has 0 aromatic rings. The number of fused-ring (bicyclic) bond motifs is 5. The molecule has 10 atom stereocenters. The predicted molar refractivity (Wildman–Crippen MR) is 113 cm³/mol. The van der Waals surface area contributed by atoms with Crippen LogP contribution < -0.4 is 0 Å². The van der Waals surface area contributed by atoms with E-state index < -0.39 is 18.2 Å². The summed E-state index contributed by atoms with van der Waals surface area (Å²) < 4.78 is 12.9. The maximum atomic E-state index is 11.3. The summed E-state index contributed by atoms with van der Waals surface area (Å²) in [6.45, 7) is 15.9. The molecule has 0 spiro atoms. The molecule has 0 radical (unpaired) electrons. The summed E-state index contributed by atoms with van der Waals surface area (Å²) in [7, 11) is 0. The predicted octanol–water partition coefficient (Wildman–Crippen LogP) is 3.83. The normalized spacial score (nSPS) is 52.2. The number of ether oxygens (including phenoxy) is 2. The van der Waals surface area contributed by atoms with Gasteiger partial charge < -0.3 is 19.7 Å². The molecule has 168 valence electrons. The molecule has 4 fully saturated rings. The minimum atomic E-state index is -0.606. The van der Waals surface area contributed by atoms with Crippen molar-refractivity contribution < 1.29 is 19.7 Å². The molecule has 2 bridgehead atoms. The quantitative estimate of drug-likeness (QED) is 0.698. The molecular weight excluding hydrogens is 366 g/mol. The fraction of sp³-hybridized carbons (Fsp3) is 1.00. The lowest BCUT2D eigenvalue weighted by Crippen LogP contribution is -2.47. The fourth-order valence-electron chi connectivity index (χ4n) is 7.51. The second kappa shape index (κ2) is 7.44. The van der Waals surface area contributed by atoms with Gasteiger partial charge in [-0.3, -0.25) is 4.90 Å². The van der Waals surface area contributed by atoms with Crippen LogP contribution in [0.3, 0.4) is 0 Å². The van der Waals surface area contributed by atoms with E-state index >= 15 is 0 Å². The summed E-state index contributed by atoms with van der Waals surface area (Å²) in [5.74, 6) is 1.76. The SMILES string of the molecule is CCCC1(C)OC2C3CC(CN4C(O)C(C(C)C)C(C)(C(C)C)C4O)C(C3)C2O1. The molecule has 2 heterocycles. The molecule has 0 aromatic heterocycles. The molecule has 2 N–H and O–H groups in total. The van der Waals surface area contributed by atoms with Crippen LogP contribution in [0.4, 0.5) is 0 Å². The van der Waals surface area contributed by atoms with Crippen LogP contribution in [-0.4, -0.2) is 52.1 Å². The third kappa shape index (κ3) is 3.22. The van der Waals surface area contributed by atoms with Crippen LogP contribution in [0.25, 0.3) is 0 Å². The van der Waals surface area contributed by atoms with E-state index in [1.165, 1.54) is 0 Å². The van der Waals surface area contributed by atoms with Crippen LogP contribution in [0.15, 0.2) is 0 Å². The second-order valence-corrected chi connectivity index (χ2v) is 11.5. The van der Waals surface area contributed by atoms with Crippen LogP contribution in [-0.2, 0) is 9.47 Å². The van der Waals surface area contributed by atoms with Gasteiger partial charge in [-0.25, -0.2) is 0 Å². The summed E-state index contributed by atoms with van der Waals surface area (Å²) in [6.07, 6.45) is 3.52. The Bertz CT molecular complexity index is 612. The summed E-state index contributed by atoms with van der Waals surface area (Å²) >= 11 is 0. The van der Waals surface area contributed by atoms with Gasteiger partial charge in [-0.2, -0.15) is 0 Å². The Hall–Kier alpha value is -0.200. The molecule has 29 heavy (non-hydrogen) atoms. The average Bonchev–Trinajstić information content (AvgIpc) is 3.31. The van der Waals surface area contributed by atoms with Crippen molar-refractivity contribution in [1.82, 2.24) is 4.90 Å². The molecule has 2 saturated heterocycles. The Kier molecular flexibility index (Phi) is 5.65. The van der Waals surface area contributed by atoms with Crippen molar-refractivity contribution in [2.45, 2.75) is 105 Å². The van der Waals surface area contributed by atoms with Gasteiger partial charge in [0.25, 0.3) is 0 Å². The average molecular weight is 410 g/mol. The van der Waals surface area contributed by atoms with Crippen LogP contribution >= 0.6 is 0 Å². The van der Waals surface area contributed by atoms with Gasteiger partial charge in [-0.1, -0.05) is 48.0 Å². The number of aliphatic hydroxyl groups excluding tert-OH is 2. The van der Waals surface area contributed by atoms with Gasteiger partial charge in [0.05, 0.1) is 12.2 Å². The molecule has 2 aliphatic heterocycles. The first-order valence-electron chi connectivity index (χ1n) is 12.0. The highest BCUT2D eigenvalue weighted by Crippen LogP contribution is 2.58. The minimum Gasteiger partial charge on any atom is -0.378 e. The lowest BCUT2D eigenvalue weighted by molar-refractivity contribution is -0.177. The largest absolute Gasteiger partial charge is 0.378 e. The minimum absolute atomic E-state index is 0.0720. The van der Waals surface area contributed by atoms with E-state index in [4.69, 9.17) is 9.47 Å². The summed E-state index contributed by atoms with van der Waals surface area (Å²) in [5, 5.41) is 22.6. The van der Waals surface area contributed by atoms with Crippen LogP contribution in [0.5, 0.6) is 0 Å². The third-order valence-electron chi connectivity index (χ3n) is 9.13. The molecule has 2 aliphatic carbocycles. The zero-order chi connectivity index (χ0) is 21.3. The summed E-state index contributed by atoms with van der Waals surface area (Å²) in [5.41, 5.74) is -0.305. The van der Waals surface area contributed by atoms with Crippen molar-refractivity contribution in [2.75, 3.05) is 6.54 Å². The van der Waals surface area contributed by atoms with E-state index in [0.29, 0.717) is 29.6 Å². The first-order chi connectivity index (χ1) is 13.5. The molecule has 2 saturated carbocycles. The Balaban J connectivity index is 1.50. The molecule has 4 aliphatic rings. The Morgan fingerprint density at radius 2 is 1.69 bits per heavy atom. The number of aliphatic hydroxyl groups is 2. The Labute approximate surface area is 177 Å². The number of hydrogen-bond donors (Lipinski definition) is 2. The molecule has 0 amide bonds.